The lowest BCUT2D eigenvalue weighted by molar-refractivity contribution is -0.131. The van der Waals surface area contributed by atoms with Crippen LogP contribution in [0.5, 0.6) is 0 Å². The van der Waals surface area contributed by atoms with Gasteiger partial charge in [-0.3, -0.25) is 9.69 Å². The van der Waals surface area contributed by atoms with Crippen LogP contribution in [0.4, 0.5) is 0 Å². The van der Waals surface area contributed by atoms with Gasteiger partial charge >= 0.3 is 0 Å². The standard InChI is InChI=1S/C14H25N3O/c1-16-9-6-13(14(16)18)17-8-3-5-12(17)11-4-2-7-15-10-11/h11-13,15H,2-10H2,1H3. The molecule has 102 valence electrons. The van der Waals surface area contributed by atoms with Crippen LogP contribution in [0.2, 0.25) is 0 Å². The molecular formula is C14H25N3O. The van der Waals surface area contributed by atoms with Crippen molar-refractivity contribution in [3.63, 3.8) is 0 Å². The summed E-state index contributed by atoms with van der Waals surface area (Å²) in [7, 11) is 1.94. The highest BCUT2D eigenvalue weighted by Gasteiger charge is 2.42. The Hall–Kier alpha value is -0.610. The predicted octanol–water partition coefficient (Wildman–Crippen LogP) is 0.681. The Morgan fingerprint density at radius 1 is 1.17 bits per heavy atom. The molecule has 0 aliphatic carbocycles. The van der Waals surface area contributed by atoms with E-state index in [2.05, 4.69) is 10.2 Å². The minimum absolute atomic E-state index is 0.185. The first-order valence-electron chi connectivity index (χ1n) is 7.49. The van der Waals surface area contributed by atoms with E-state index in [0.29, 0.717) is 11.9 Å². The van der Waals surface area contributed by atoms with Gasteiger partial charge in [-0.25, -0.2) is 0 Å². The van der Waals surface area contributed by atoms with Gasteiger partial charge < -0.3 is 10.2 Å². The van der Waals surface area contributed by atoms with Crippen molar-refractivity contribution in [2.45, 2.75) is 44.2 Å². The van der Waals surface area contributed by atoms with E-state index < -0.39 is 0 Å². The average molecular weight is 251 g/mol. The van der Waals surface area contributed by atoms with Crippen molar-refractivity contribution in [3.05, 3.63) is 0 Å². The zero-order valence-corrected chi connectivity index (χ0v) is 11.4. The monoisotopic (exact) mass is 251 g/mol. The van der Waals surface area contributed by atoms with E-state index in [4.69, 9.17) is 0 Å². The molecule has 0 aromatic heterocycles. The van der Waals surface area contributed by atoms with E-state index in [9.17, 15) is 4.79 Å². The van der Waals surface area contributed by atoms with Gasteiger partial charge in [-0.15, -0.1) is 0 Å². The van der Waals surface area contributed by atoms with Crippen molar-refractivity contribution in [3.8, 4) is 0 Å². The number of piperidine rings is 1. The Bertz CT molecular complexity index is 314. The molecule has 3 fully saturated rings. The molecule has 3 unspecified atom stereocenters. The zero-order valence-electron chi connectivity index (χ0n) is 11.4. The van der Waals surface area contributed by atoms with E-state index in [-0.39, 0.29) is 6.04 Å². The number of likely N-dealkylation sites (N-methyl/N-ethyl adjacent to an activating group) is 1. The summed E-state index contributed by atoms with van der Waals surface area (Å²) >= 11 is 0. The fourth-order valence-corrected chi connectivity index (χ4v) is 4.03. The van der Waals surface area contributed by atoms with Gasteiger partial charge in [-0.1, -0.05) is 0 Å². The number of carbonyl (C=O) groups is 1. The summed E-state index contributed by atoms with van der Waals surface area (Å²) in [5, 5.41) is 3.52. The molecule has 0 radical (unpaired) electrons. The molecule has 18 heavy (non-hydrogen) atoms. The summed E-state index contributed by atoms with van der Waals surface area (Å²) in [5.41, 5.74) is 0. The molecule has 3 atom stereocenters. The second-order valence-electron chi connectivity index (χ2n) is 6.12. The van der Waals surface area contributed by atoms with Gasteiger partial charge in [0, 0.05) is 19.6 Å². The Morgan fingerprint density at radius 2 is 2.06 bits per heavy atom. The van der Waals surface area contributed by atoms with Gasteiger partial charge in [0.25, 0.3) is 0 Å². The second kappa shape index (κ2) is 5.17. The van der Waals surface area contributed by atoms with Gasteiger partial charge in [0.2, 0.25) is 5.91 Å². The lowest BCUT2D eigenvalue weighted by Crippen LogP contribution is -2.49. The second-order valence-corrected chi connectivity index (χ2v) is 6.12. The van der Waals surface area contributed by atoms with Crippen LogP contribution >= 0.6 is 0 Å². The van der Waals surface area contributed by atoms with Crippen LogP contribution in [-0.4, -0.2) is 61.0 Å². The van der Waals surface area contributed by atoms with Crippen LogP contribution in [0.3, 0.4) is 0 Å². The third-order valence-corrected chi connectivity index (χ3v) is 5.02. The van der Waals surface area contributed by atoms with Crippen LogP contribution in [0.25, 0.3) is 0 Å². The Balaban J connectivity index is 1.69. The van der Waals surface area contributed by atoms with Crippen molar-refractivity contribution in [1.82, 2.24) is 15.1 Å². The summed E-state index contributed by atoms with van der Waals surface area (Å²) in [5.74, 6) is 1.12. The quantitative estimate of drug-likeness (QED) is 0.784. The molecule has 4 heteroatoms. The lowest BCUT2D eigenvalue weighted by atomic mass is 9.89. The van der Waals surface area contributed by atoms with E-state index in [1.165, 1.54) is 32.2 Å². The van der Waals surface area contributed by atoms with Crippen molar-refractivity contribution < 1.29 is 4.79 Å². The Kier molecular flexibility index (Phi) is 3.57. The highest BCUT2D eigenvalue weighted by atomic mass is 16.2. The van der Waals surface area contributed by atoms with Crippen LogP contribution in [-0.2, 0) is 4.79 Å². The molecule has 3 rings (SSSR count). The number of hydrogen-bond acceptors (Lipinski definition) is 3. The predicted molar refractivity (Wildman–Crippen MR) is 71.4 cm³/mol. The topological polar surface area (TPSA) is 35.6 Å². The first-order valence-corrected chi connectivity index (χ1v) is 7.49. The molecule has 0 bridgehead atoms. The van der Waals surface area contributed by atoms with E-state index in [1.54, 1.807) is 0 Å². The number of amides is 1. The summed E-state index contributed by atoms with van der Waals surface area (Å²) in [6.07, 6.45) is 6.24. The molecule has 3 heterocycles. The van der Waals surface area contributed by atoms with Crippen molar-refractivity contribution >= 4 is 5.91 Å². The number of likely N-dealkylation sites (tertiary alicyclic amines) is 2. The minimum atomic E-state index is 0.185. The molecule has 0 aromatic carbocycles. The summed E-state index contributed by atoms with van der Waals surface area (Å²) in [6, 6.07) is 0.836. The van der Waals surface area contributed by atoms with Crippen molar-refractivity contribution in [1.29, 1.82) is 0 Å². The number of nitrogens with zero attached hydrogens (tertiary/aromatic N) is 2. The first-order chi connectivity index (χ1) is 8.77. The number of hydrogen-bond donors (Lipinski definition) is 1. The molecule has 0 spiro atoms. The molecule has 3 aliphatic rings. The third kappa shape index (κ3) is 2.16. The summed E-state index contributed by atoms with van der Waals surface area (Å²) < 4.78 is 0. The van der Waals surface area contributed by atoms with Crippen LogP contribution < -0.4 is 5.32 Å². The van der Waals surface area contributed by atoms with Gasteiger partial charge in [0.15, 0.2) is 0 Å². The van der Waals surface area contributed by atoms with Gasteiger partial charge in [0.1, 0.15) is 0 Å². The number of carbonyl (C=O) groups excluding carboxylic acids is 1. The molecule has 3 aliphatic heterocycles. The molecule has 1 N–H and O–H groups in total. The molecule has 0 saturated carbocycles. The Labute approximate surface area is 110 Å². The SMILES string of the molecule is CN1CCC(N2CCCC2C2CCCNC2)C1=O. The van der Waals surface area contributed by atoms with Crippen molar-refractivity contribution in [2.24, 2.45) is 5.92 Å². The Morgan fingerprint density at radius 3 is 2.72 bits per heavy atom. The van der Waals surface area contributed by atoms with Gasteiger partial charge in [0.05, 0.1) is 6.04 Å². The minimum Gasteiger partial charge on any atom is -0.344 e. The lowest BCUT2D eigenvalue weighted by Gasteiger charge is -2.36. The largest absolute Gasteiger partial charge is 0.344 e. The fourth-order valence-electron chi connectivity index (χ4n) is 4.03. The normalized spacial score (nSPS) is 38.6. The summed E-state index contributed by atoms with van der Waals surface area (Å²) in [6.45, 7) is 4.40. The van der Waals surface area contributed by atoms with E-state index in [0.717, 1.165) is 32.0 Å². The van der Waals surface area contributed by atoms with E-state index in [1.807, 2.05) is 11.9 Å². The number of rotatable bonds is 2. The molecule has 1 amide bonds. The third-order valence-electron chi connectivity index (χ3n) is 5.02. The average Bonchev–Trinajstić information content (AvgIpc) is 2.99. The maximum atomic E-state index is 12.2. The summed E-state index contributed by atoms with van der Waals surface area (Å²) in [4.78, 5) is 16.6. The highest BCUT2D eigenvalue weighted by molar-refractivity contribution is 5.83. The van der Waals surface area contributed by atoms with Crippen molar-refractivity contribution in [2.75, 3.05) is 33.2 Å². The smallest absolute Gasteiger partial charge is 0.239 e. The van der Waals surface area contributed by atoms with Crippen LogP contribution in [0, 0.1) is 5.92 Å². The van der Waals surface area contributed by atoms with Crippen LogP contribution in [0.15, 0.2) is 0 Å². The molecule has 3 saturated heterocycles. The van der Waals surface area contributed by atoms with Crippen LogP contribution in [0.1, 0.15) is 32.1 Å². The number of nitrogens with one attached hydrogen (secondary N) is 1. The molecular weight excluding hydrogens is 226 g/mol. The maximum Gasteiger partial charge on any atom is 0.239 e. The first kappa shape index (κ1) is 12.4. The van der Waals surface area contributed by atoms with E-state index >= 15 is 0 Å². The molecule has 0 aromatic rings. The highest BCUT2D eigenvalue weighted by Crippen LogP contribution is 2.32. The van der Waals surface area contributed by atoms with Gasteiger partial charge in [-0.2, -0.15) is 0 Å². The maximum absolute atomic E-state index is 12.2. The fraction of sp³-hybridized carbons (Fsp3) is 0.929. The molecule has 4 nitrogen and oxygen atoms in total. The van der Waals surface area contributed by atoms with Gasteiger partial charge in [-0.05, 0) is 57.7 Å². The zero-order chi connectivity index (χ0) is 12.5.